The number of nitrogens with one attached hydrogen (secondary N) is 2. The molecule has 44 heavy (non-hydrogen) atoms. The van der Waals surface area contributed by atoms with Gasteiger partial charge in [0.2, 0.25) is 5.82 Å². The second kappa shape index (κ2) is 13.8. The van der Waals surface area contributed by atoms with Crippen LogP contribution in [0.25, 0.3) is 11.2 Å². The van der Waals surface area contributed by atoms with Crippen LogP contribution in [0.3, 0.4) is 0 Å². The Morgan fingerprint density at radius 3 is 2.30 bits per heavy atom. The van der Waals surface area contributed by atoms with E-state index >= 15 is 0 Å². The molecule has 2 aromatic heterocycles. The predicted molar refractivity (Wildman–Crippen MR) is 161 cm³/mol. The molecular formula is C31H37N7O6. The zero-order valence-corrected chi connectivity index (χ0v) is 24.2. The number of morpholine rings is 1. The normalized spacial score (nSPS) is 22.5. The smallest absolute Gasteiger partial charge is 0.289 e. The number of imidazole rings is 1. The number of hydrogen-bond donors (Lipinski definition) is 5. The molecule has 4 atom stereocenters. The minimum absolute atomic E-state index is 0.0317. The summed E-state index contributed by atoms with van der Waals surface area (Å²) in [4.78, 5) is 29.2. The standard InChI is InChI=1S/C31H37N7O6/c39-18-23-25(40)26(41)31(44-23)38-19-34-24-27(33-17-22(20-7-3-1-4-8-20)21-9-5-2-6-10-21)35-28(36-29(24)38)30(42)32-11-12-37-13-15-43-16-14-37/h1-10,19,22-23,25-26,31,39-41H,11-18H2,(H,32,42)(H,33,35,36). The van der Waals surface area contributed by atoms with Crippen molar-refractivity contribution in [2.24, 2.45) is 0 Å². The Kier molecular flexibility index (Phi) is 9.40. The SMILES string of the molecule is O=C(NCCN1CCOCC1)c1nc(NCC(c2ccccc2)c2ccccc2)c2ncn(C3OC(CO)C(O)C3O)c2n1. The Balaban J connectivity index is 1.31. The highest BCUT2D eigenvalue weighted by Gasteiger charge is 2.44. The van der Waals surface area contributed by atoms with E-state index in [4.69, 9.17) is 9.47 Å². The minimum Gasteiger partial charge on any atom is -0.394 e. The highest BCUT2D eigenvalue weighted by atomic mass is 16.6. The Hall–Kier alpha value is -3.98. The average molecular weight is 604 g/mol. The van der Waals surface area contributed by atoms with Crippen LogP contribution in [0.1, 0.15) is 33.9 Å². The minimum atomic E-state index is -1.35. The number of nitrogens with zero attached hydrogens (tertiary/aromatic N) is 5. The number of ether oxygens (including phenoxy) is 2. The third-order valence-corrected chi connectivity index (χ3v) is 8.11. The summed E-state index contributed by atoms with van der Waals surface area (Å²) >= 11 is 0. The zero-order chi connectivity index (χ0) is 30.5. The number of aromatic nitrogens is 4. The lowest BCUT2D eigenvalue weighted by Gasteiger charge is -2.26. The van der Waals surface area contributed by atoms with Crippen molar-refractivity contribution in [3.05, 3.63) is 83.9 Å². The van der Waals surface area contributed by atoms with E-state index in [2.05, 4.69) is 54.8 Å². The molecule has 0 bridgehead atoms. The second-order valence-electron chi connectivity index (χ2n) is 10.9. The summed E-state index contributed by atoms with van der Waals surface area (Å²) in [5, 5.41) is 37.0. The molecule has 4 heterocycles. The molecule has 13 nitrogen and oxygen atoms in total. The summed E-state index contributed by atoms with van der Waals surface area (Å²) < 4.78 is 12.6. The van der Waals surface area contributed by atoms with E-state index in [0.717, 1.165) is 24.2 Å². The van der Waals surface area contributed by atoms with Gasteiger partial charge in [-0.3, -0.25) is 14.3 Å². The Morgan fingerprint density at radius 2 is 1.66 bits per heavy atom. The van der Waals surface area contributed by atoms with E-state index in [1.165, 1.54) is 10.9 Å². The molecule has 1 amide bonds. The van der Waals surface area contributed by atoms with Crippen molar-refractivity contribution in [1.82, 2.24) is 29.7 Å². The third kappa shape index (κ3) is 6.43. The van der Waals surface area contributed by atoms with Gasteiger partial charge < -0.3 is 35.4 Å². The molecule has 0 radical (unpaired) electrons. The van der Waals surface area contributed by atoms with Crippen LogP contribution in [-0.4, -0.2) is 117 Å². The van der Waals surface area contributed by atoms with Gasteiger partial charge in [-0.05, 0) is 11.1 Å². The summed E-state index contributed by atoms with van der Waals surface area (Å²) in [6, 6.07) is 20.2. The Morgan fingerprint density at radius 1 is 0.977 bits per heavy atom. The maximum absolute atomic E-state index is 13.3. The molecule has 13 heteroatoms. The van der Waals surface area contributed by atoms with Gasteiger partial charge >= 0.3 is 0 Å². The van der Waals surface area contributed by atoms with Gasteiger partial charge in [0, 0.05) is 38.6 Å². The molecule has 5 N–H and O–H groups in total. The number of fused-ring (bicyclic) bond motifs is 1. The van der Waals surface area contributed by atoms with Crippen LogP contribution in [0.15, 0.2) is 67.0 Å². The number of rotatable bonds is 11. The first-order valence-corrected chi connectivity index (χ1v) is 14.8. The zero-order valence-electron chi connectivity index (χ0n) is 24.2. The van der Waals surface area contributed by atoms with E-state index in [1.54, 1.807) is 0 Å². The fourth-order valence-corrected chi connectivity index (χ4v) is 5.67. The lowest BCUT2D eigenvalue weighted by atomic mass is 9.91. The fraction of sp³-hybridized carbons (Fsp3) is 0.419. The van der Waals surface area contributed by atoms with E-state index in [0.29, 0.717) is 44.2 Å². The molecule has 0 aliphatic carbocycles. The molecule has 2 aliphatic heterocycles. The largest absolute Gasteiger partial charge is 0.394 e. The molecule has 2 aromatic carbocycles. The molecule has 4 unspecified atom stereocenters. The van der Waals surface area contributed by atoms with Gasteiger partial charge in [0.25, 0.3) is 5.91 Å². The van der Waals surface area contributed by atoms with Crippen LogP contribution in [-0.2, 0) is 9.47 Å². The van der Waals surface area contributed by atoms with Crippen molar-refractivity contribution in [2.75, 3.05) is 57.9 Å². The van der Waals surface area contributed by atoms with E-state index in [-0.39, 0.29) is 17.4 Å². The van der Waals surface area contributed by atoms with Gasteiger partial charge in [-0.2, -0.15) is 0 Å². The maximum atomic E-state index is 13.3. The number of carbonyl (C=O) groups excluding carboxylic acids is 1. The number of benzene rings is 2. The lowest BCUT2D eigenvalue weighted by molar-refractivity contribution is -0.0511. The van der Waals surface area contributed by atoms with Crippen molar-refractivity contribution in [2.45, 2.75) is 30.5 Å². The molecule has 2 aliphatic rings. The van der Waals surface area contributed by atoms with E-state index < -0.39 is 37.1 Å². The third-order valence-electron chi connectivity index (χ3n) is 8.11. The van der Waals surface area contributed by atoms with E-state index in [1.807, 2.05) is 36.4 Å². The Bertz CT molecular complexity index is 1490. The van der Waals surface area contributed by atoms with Gasteiger partial charge in [-0.25, -0.2) is 15.0 Å². The van der Waals surface area contributed by atoms with Crippen molar-refractivity contribution in [3.8, 4) is 0 Å². The molecule has 6 rings (SSSR count). The Labute approximate surface area is 254 Å². The number of aliphatic hydroxyl groups is 3. The number of carbonyl (C=O) groups is 1. The summed E-state index contributed by atoms with van der Waals surface area (Å²) in [7, 11) is 0. The number of aliphatic hydroxyl groups excluding tert-OH is 3. The second-order valence-corrected chi connectivity index (χ2v) is 10.9. The van der Waals surface area contributed by atoms with Crippen molar-refractivity contribution in [3.63, 3.8) is 0 Å². The van der Waals surface area contributed by atoms with Crippen molar-refractivity contribution < 1.29 is 29.6 Å². The quantitative estimate of drug-likeness (QED) is 0.164. The maximum Gasteiger partial charge on any atom is 0.289 e. The first kappa shape index (κ1) is 30.1. The monoisotopic (exact) mass is 603 g/mol. The van der Waals surface area contributed by atoms with Gasteiger partial charge in [0.1, 0.15) is 18.3 Å². The first-order valence-electron chi connectivity index (χ1n) is 14.8. The molecular weight excluding hydrogens is 566 g/mol. The summed E-state index contributed by atoms with van der Waals surface area (Å²) in [5.74, 6) is -0.224. The van der Waals surface area contributed by atoms with Gasteiger partial charge in [0.05, 0.1) is 26.1 Å². The van der Waals surface area contributed by atoms with Crippen molar-refractivity contribution in [1.29, 1.82) is 0 Å². The first-order chi connectivity index (χ1) is 21.5. The molecule has 2 fully saturated rings. The van der Waals surface area contributed by atoms with E-state index in [9.17, 15) is 20.1 Å². The molecule has 0 saturated carbocycles. The van der Waals surface area contributed by atoms with Crippen LogP contribution >= 0.6 is 0 Å². The van der Waals surface area contributed by atoms with Crippen LogP contribution in [0.2, 0.25) is 0 Å². The van der Waals surface area contributed by atoms with Crippen LogP contribution < -0.4 is 10.6 Å². The molecule has 232 valence electrons. The summed E-state index contributed by atoms with van der Waals surface area (Å²) in [5.41, 5.74) is 2.82. The predicted octanol–water partition coefficient (Wildman–Crippen LogP) is 0.744. The number of hydrogen-bond acceptors (Lipinski definition) is 11. The van der Waals surface area contributed by atoms with Crippen LogP contribution in [0.5, 0.6) is 0 Å². The summed E-state index contributed by atoms with van der Waals surface area (Å²) in [6.07, 6.45) is -3.28. The van der Waals surface area contributed by atoms with Gasteiger partial charge in [-0.15, -0.1) is 0 Å². The molecule has 2 saturated heterocycles. The topological polar surface area (TPSA) is 167 Å². The van der Waals surface area contributed by atoms with Crippen LogP contribution in [0, 0.1) is 0 Å². The molecule has 0 spiro atoms. The number of amides is 1. The van der Waals surface area contributed by atoms with Gasteiger partial charge in [0.15, 0.2) is 23.2 Å². The van der Waals surface area contributed by atoms with Crippen molar-refractivity contribution >= 4 is 22.9 Å². The lowest BCUT2D eigenvalue weighted by Crippen LogP contribution is -2.41. The highest BCUT2D eigenvalue weighted by molar-refractivity contribution is 5.94. The average Bonchev–Trinajstić information content (AvgIpc) is 3.62. The highest BCUT2D eigenvalue weighted by Crippen LogP contribution is 2.33. The molecule has 4 aromatic rings. The van der Waals surface area contributed by atoms with Gasteiger partial charge in [-0.1, -0.05) is 60.7 Å². The van der Waals surface area contributed by atoms with Crippen LogP contribution in [0.4, 0.5) is 5.82 Å². The fourth-order valence-electron chi connectivity index (χ4n) is 5.67. The summed E-state index contributed by atoms with van der Waals surface area (Å²) in [6.45, 7) is 3.99. The number of anilines is 1.